The minimum absolute atomic E-state index is 0.207. The Morgan fingerprint density at radius 3 is 2.71 bits per heavy atom. The van der Waals surface area contributed by atoms with Gasteiger partial charge in [-0.15, -0.1) is 11.3 Å². The number of hydrogen-bond donors (Lipinski definition) is 2. The van der Waals surface area contributed by atoms with Crippen LogP contribution in [0, 0.1) is 13.8 Å². The highest BCUT2D eigenvalue weighted by molar-refractivity contribution is 7.12. The molecule has 0 atom stereocenters. The van der Waals surface area contributed by atoms with Crippen LogP contribution in [-0.4, -0.2) is 10.1 Å². The fourth-order valence-corrected chi connectivity index (χ4v) is 2.59. The summed E-state index contributed by atoms with van der Waals surface area (Å²) in [6, 6.07) is 5.70. The van der Waals surface area contributed by atoms with Crippen LogP contribution in [0.4, 0.5) is 0 Å². The van der Waals surface area contributed by atoms with Crippen LogP contribution in [0.3, 0.4) is 0 Å². The summed E-state index contributed by atoms with van der Waals surface area (Å²) in [5.74, 6) is 0.207. The summed E-state index contributed by atoms with van der Waals surface area (Å²) in [5.41, 5.74) is 2.29. The van der Waals surface area contributed by atoms with E-state index in [0.717, 1.165) is 18.8 Å². The third-order valence-electron chi connectivity index (χ3n) is 2.63. The molecular formula is C13H16N2OS. The molecule has 0 aliphatic heterocycles. The third kappa shape index (κ3) is 3.28. The van der Waals surface area contributed by atoms with Crippen molar-refractivity contribution in [2.45, 2.75) is 26.9 Å². The van der Waals surface area contributed by atoms with Crippen LogP contribution in [0.5, 0.6) is 5.75 Å². The van der Waals surface area contributed by atoms with Gasteiger partial charge in [0.1, 0.15) is 5.75 Å². The Kier molecular flexibility index (Phi) is 3.76. The molecule has 0 fully saturated rings. The van der Waals surface area contributed by atoms with Crippen LogP contribution in [0.1, 0.15) is 21.0 Å². The summed E-state index contributed by atoms with van der Waals surface area (Å²) < 4.78 is 0. The van der Waals surface area contributed by atoms with Crippen molar-refractivity contribution in [1.82, 2.24) is 10.3 Å². The van der Waals surface area contributed by atoms with E-state index in [1.54, 1.807) is 6.07 Å². The summed E-state index contributed by atoms with van der Waals surface area (Å²) in [5, 5.41) is 12.5. The minimum atomic E-state index is 0.207. The number of aryl methyl sites for hydroxylation is 2. The van der Waals surface area contributed by atoms with Crippen molar-refractivity contribution in [2.75, 3.05) is 0 Å². The summed E-state index contributed by atoms with van der Waals surface area (Å²) in [6.45, 7) is 5.86. The van der Waals surface area contributed by atoms with Crippen molar-refractivity contribution in [3.05, 3.63) is 45.4 Å². The van der Waals surface area contributed by atoms with Crippen molar-refractivity contribution in [3.8, 4) is 5.75 Å². The van der Waals surface area contributed by atoms with E-state index < -0.39 is 0 Å². The summed E-state index contributed by atoms with van der Waals surface area (Å²) in [7, 11) is 0. The van der Waals surface area contributed by atoms with Crippen LogP contribution in [0.25, 0.3) is 0 Å². The van der Waals surface area contributed by atoms with Gasteiger partial charge < -0.3 is 10.4 Å². The molecule has 0 aliphatic rings. The Balaban J connectivity index is 1.85. The number of nitrogens with one attached hydrogen (secondary N) is 1. The maximum atomic E-state index is 9.11. The summed E-state index contributed by atoms with van der Waals surface area (Å²) >= 11 is 1.83. The standard InChI is InChI=1S/C13H16N2OS/c1-9-5-13(17-10(9)2)8-14-6-11-3-4-12(16)7-15-11/h3-5,7,14,16H,6,8H2,1-2H3. The van der Waals surface area contributed by atoms with Crippen molar-refractivity contribution in [2.24, 2.45) is 0 Å². The molecule has 0 saturated heterocycles. The lowest BCUT2D eigenvalue weighted by Gasteiger charge is -2.02. The van der Waals surface area contributed by atoms with E-state index in [4.69, 9.17) is 5.11 Å². The van der Waals surface area contributed by atoms with Gasteiger partial charge in [0, 0.05) is 22.8 Å². The van der Waals surface area contributed by atoms with Gasteiger partial charge in [0.15, 0.2) is 0 Å². The van der Waals surface area contributed by atoms with E-state index in [1.165, 1.54) is 21.5 Å². The van der Waals surface area contributed by atoms with E-state index in [1.807, 2.05) is 17.4 Å². The number of pyridine rings is 1. The lowest BCUT2D eigenvalue weighted by Crippen LogP contribution is -2.12. The smallest absolute Gasteiger partial charge is 0.133 e. The SMILES string of the molecule is Cc1cc(CNCc2ccc(O)cn2)sc1C. The molecule has 0 saturated carbocycles. The molecule has 90 valence electrons. The second kappa shape index (κ2) is 5.29. The fraction of sp³-hybridized carbons (Fsp3) is 0.308. The highest BCUT2D eigenvalue weighted by atomic mass is 32.1. The van der Waals surface area contributed by atoms with E-state index in [0.29, 0.717) is 0 Å². The van der Waals surface area contributed by atoms with Crippen molar-refractivity contribution in [3.63, 3.8) is 0 Å². The first kappa shape index (κ1) is 12.1. The van der Waals surface area contributed by atoms with Crippen molar-refractivity contribution < 1.29 is 5.11 Å². The Hall–Kier alpha value is -1.39. The average Bonchev–Trinajstić information content (AvgIpc) is 2.61. The molecule has 0 aliphatic carbocycles. The number of thiophene rings is 1. The van der Waals surface area contributed by atoms with Crippen LogP contribution in [0.15, 0.2) is 24.4 Å². The van der Waals surface area contributed by atoms with E-state index >= 15 is 0 Å². The first-order valence-corrected chi connectivity index (χ1v) is 6.37. The number of aromatic nitrogens is 1. The molecular weight excluding hydrogens is 232 g/mol. The van der Waals surface area contributed by atoms with Gasteiger partial charge in [0.05, 0.1) is 11.9 Å². The Bertz CT molecular complexity index is 471. The quantitative estimate of drug-likeness (QED) is 0.874. The highest BCUT2D eigenvalue weighted by Gasteiger charge is 2.01. The normalized spacial score (nSPS) is 10.7. The van der Waals surface area contributed by atoms with Crippen molar-refractivity contribution in [1.29, 1.82) is 0 Å². The van der Waals surface area contributed by atoms with Gasteiger partial charge in [0.25, 0.3) is 0 Å². The average molecular weight is 248 g/mol. The largest absolute Gasteiger partial charge is 0.506 e. The molecule has 17 heavy (non-hydrogen) atoms. The van der Waals surface area contributed by atoms with Gasteiger partial charge in [0.2, 0.25) is 0 Å². The lowest BCUT2D eigenvalue weighted by atomic mass is 10.3. The monoisotopic (exact) mass is 248 g/mol. The van der Waals surface area contributed by atoms with Gasteiger partial charge in [-0.25, -0.2) is 0 Å². The molecule has 0 bridgehead atoms. The van der Waals surface area contributed by atoms with Crippen LogP contribution in [-0.2, 0) is 13.1 Å². The Morgan fingerprint density at radius 1 is 1.29 bits per heavy atom. The maximum absolute atomic E-state index is 9.11. The Morgan fingerprint density at radius 2 is 2.12 bits per heavy atom. The topological polar surface area (TPSA) is 45.1 Å². The lowest BCUT2D eigenvalue weighted by molar-refractivity contribution is 0.471. The summed E-state index contributed by atoms with van der Waals surface area (Å²) in [6.07, 6.45) is 1.47. The first-order chi connectivity index (χ1) is 8.15. The minimum Gasteiger partial charge on any atom is -0.506 e. The fourth-order valence-electron chi connectivity index (χ4n) is 1.57. The molecule has 0 aromatic carbocycles. The third-order valence-corrected chi connectivity index (χ3v) is 3.78. The molecule has 2 aromatic rings. The van der Waals surface area contributed by atoms with E-state index in [9.17, 15) is 0 Å². The molecule has 2 heterocycles. The number of aromatic hydroxyl groups is 1. The molecule has 0 radical (unpaired) electrons. The Labute approximate surface area is 105 Å². The maximum Gasteiger partial charge on any atom is 0.133 e. The number of hydrogen-bond acceptors (Lipinski definition) is 4. The zero-order valence-electron chi connectivity index (χ0n) is 10.0. The molecule has 4 heteroatoms. The molecule has 2 N–H and O–H groups in total. The number of nitrogens with zero attached hydrogens (tertiary/aromatic N) is 1. The van der Waals surface area contributed by atoms with Crippen LogP contribution < -0.4 is 5.32 Å². The predicted molar refractivity (Wildman–Crippen MR) is 70.2 cm³/mol. The zero-order chi connectivity index (χ0) is 12.3. The van der Waals surface area contributed by atoms with Gasteiger partial charge in [-0.2, -0.15) is 0 Å². The number of rotatable bonds is 4. The van der Waals surface area contributed by atoms with Gasteiger partial charge >= 0.3 is 0 Å². The van der Waals surface area contributed by atoms with Crippen LogP contribution in [0.2, 0.25) is 0 Å². The summed E-state index contributed by atoms with van der Waals surface area (Å²) in [4.78, 5) is 6.85. The molecule has 0 amide bonds. The molecule has 2 rings (SSSR count). The van der Waals surface area contributed by atoms with Crippen molar-refractivity contribution >= 4 is 11.3 Å². The van der Waals surface area contributed by atoms with Crippen LogP contribution >= 0.6 is 11.3 Å². The zero-order valence-corrected chi connectivity index (χ0v) is 10.8. The second-order valence-electron chi connectivity index (χ2n) is 4.06. The molecule has 0 spiro atoms. The van der Waals surface area contributed by atoms with Gasteiger partial charge in [-0.1, -0.05) is 0 Å². The van der Waals surface area contributed by atoms with E-state index in [2.05, 4.69) is 30.2 Å². The van der Waals surface area contributed by atoms with Gasteiger partial charge in [-0.05, 0) is 37.6 Å². The van der Waals surface area contributed by atoms with Gasteiger partial charge in [-0.3, -0.25) is 4.98 Å². The first-order valence-electron chi connectivity index (χ1n) is 5.55. The molecule has 3 nitrogen and oxygen atoms in total. The highest BCUT2D eigenvalue weighted by Crippen LogP contribution is 2.20. The molecule has 2 aromatic heterocycles. The predicted octanol–water partition coefficient (Wildman–Crippen LogP) is 2.76. The second-order valence-corrected chi connectivity index (χ2v) is 5.40. The molecule has 0 unspecified atom stereocenters. The van der Waals surface area contributed by atoms with E-state index in [-0.39, 0.29) is 5.75 Å².